The van der Waals surface area contributed by atoms with Gasteiger partial charge in [0, 0.05) is 19.1 Å². The van der Waals surface area contributed by atoms with Crippen molar-refractivity contribution in [3.63, 3.8) is 0 Å². The zero-order chi connectivity index (χ0) is 17.7. The van der Waals surface area contributed by atoms with Gasteiger partial charge in [0.2, 0.25) is 5.82 Å². The summed E-state index contributed by atoms with van der Waals surface area (Å²) in [7, 11) is 0. The van der Waals surface area contributed by atoms with E-state index in [-0.39, 0.29) is 17.5 Å². The Morgan fingerprint density at radius 3 is 2.62 bits per heavy atom. The number of amides is 1. The highest BCUT2D eigenvalue weighted by atomic mass is 19.1. The largest absolute Gasteiger partial charge is 0.365 e. The molecule has 2 heterocycles. The molecule has 1 aliphatic carbocycles. The normalized spacial score (nSPS) is 16.7. The number of nitrogens with zero attached hydrogens (tertiary/aromatic N) is 5. The van der Waals surface area contributed by atoms with Crippen molar-refractivity contribution in [2.24, 2.45) is 0 Å². The summed E-state index contributed by atoms with van der Waals surface area (Å²) in [5.41, 5.74) is 2.71. The number of carbonyl (C=O) groups is 1. The lowest BCUT2D eigenvalue weighted by molar-refractivity contribution is 0.0976. The highest BCUT2D eigenvalue weighted by Gasteiger charge is 2.36. The number of anilines is 2. The lowest BCUT2D eigenvalue weighted by Gasteiger charge is -2.37. The summed E-state index contributed by atoms with van der Waals surface area (Å²) in [5, 5.41) is 8.06. The summed E-state index contributed by atoms with van der Waals surface area (Å²) >= 11 is 0. The standard InChI is InChI=1S/C19H16FN5O/c20-12-5-8-16-17(11-12)25(10-9-24(16)13-6-7-13)19(26)18-21-14-3-1-2-4-15(14)22-23-18/h1-5,8,11,13H,6-7,9-10H2. The molecule has 0 unspecified atom stereocenters. The van der Waals surface area contributed by atoms with E-state index in [1.165, 1.54) is 12.1 Å². The summed E-state index contributed by atoms with van der Waals surface area (Å²) < 4.78 is 13.9. The Labute approximate surface area is 149 Å². The summed E-state index contributed by atoms with van der Waals surface area (Å²) in [6.45, 7) is 1.19. The molecular formula is C19H16FN5O. The van der Waals surface area contributed by atoms with E-state index in [0.717, 1.165) is 25.1 Å². The zero-order valence-electron chi connectivity index (χ0n) is 14.0. The molecule has 0 N–H and O–H groups in total. The van der Waals surface area contributed by atoms with Gasteiger partial charge in [0.25, 0.3) is 5.91 Å². The van der Waals surface area contributed by atoms with Crippen LogP contribution in [0.2, 0.25) is 0 Å². The molecule has 1 aliphatic heterocycles. The fraction of sp³-hybridized carbons (Fsp3) is 0.263. The van der Waals surface area contributed by atoms with Gasteiger partial charge in [-0.15, -0.1) is 10.2 Å². The molecule has 0 radical (unpaired) electrons. The Bertz CT molecular complexity index is 1020. The van der Waals surface area contributed by atoms with Crippen LogP contribution in [0.1, 0.15) is 23.5 Å². The number of fused-ring (bicyclic) bond motifs is 2. The highest BCUT2D eigenvalue weighted by Crippen LogP contribution is 2.40. The third-order valence-corrected chi connectivity index (χ3v) is 4.89. The van der Waals surface area contributed by atoms with E-state index in [0.29, 0.717) is 29.3 Å². The molecule has 0 saturated heterocycles. The third-order valence-electron chi connectivity index (χ3n) is 4.89. The van der Waals surface area contributed by atoms with Crippen molar-refractivity contribution in [1.29, 1.82) is 0 Å². The molecule has 2 aliphatic rings. The second-order valence-electron chi connectivity index (χ2n) is 6.64. The second-order valence-corrected chi connectivity index (χ2v) is 6.64. The number of para-hydroxylation sites is 1. The summed E-state index contributed by atoms with van der Waals surface area (Å²) in [6.07, 6.45) is 2.28. The van der Waals surface area contributed by atoms with Crippen molar-refractivity contribution in [3.8, 4) is 0 Å². The molecule has 1 saturated carbocycles. The fourth-order valence-corrected chi connectivity index (χ4v) is 3.47. The Morgan fingerprint density at radius 2 is 1.81 bits per heavy atom. The molecule has 7 heteroatoms. The molecule has 5 rings (SSSR count). The first kappa shape index (κ1) is 15.2. The molecule has 26 heavy (non-hydrogen) atoms. The van der Waals surface area contributed by atoms with Gasteiger partial charge in [-0.1, -0.05) is 12.1 Å². The summed E-state index contributed by atoms with van der Waals surface area (Å²) in [4.78, 5) is 21.2. The van der Waals surface area contributed by atoms with Crippen LogP contribution < -0.4 is 9.80 Å². The van der Waals surface area contributed by atoms with Gasteiger partial charge in [-0.25, -0.2) is 9.37 Å². The van der Waals surface area contributed by atoms with Gasteiger partial charge < -0.3 is 9.80 Å². The third kappa shape index (κ3) is 2.47. The van der Waals surface area contributed by atoms with Crippen LogP contribution in [0.25, 0.3) is 11.0 Å². The van der Waals surface area contributed by atoms with Crippen molar-refractivity contribution in [1.82, 2.24) is 15.2 Å². The van der Waals surface area contributed by atoms with Crippen LogP contribution in [0.4, 0.5) is 15.8 Å². The number of carbonyl (C=O) groups excluding carboxylic acids is 1. The van der Waals surface area contributed by atoms with Gasteiger partial charge in [-0.2, -0.15) is 0 Å². The molecule has 2 aromatic carbocycles. The van der Waals surface area contributed by atoms with Crippen LogP contribution in [0.5, 0.6) is 0 Å². The molecule has 1 aromatic heterocycles. The summed E-state index contributed by atoms with van der Waals surface area (Å²) in [6, 6.07) is 12.4. The van der Waals surface area contributed by atoms with Crippen molar-refractivity contribution in [2.45, 2.75) is 18.9 Å². The van der Waals surface area contributed by atoms with Gasteiger partial charge in [0.1, 0.15) is 11.3 Å². The predicted octanol–water partition coefficient (Wildman–Crippen LogP) is 2.79. The minimum atomic E-state index is -0.364. The van der Waals surface area contributed by atoms with Crippen molar-refractivity contribution in [2.75, 3.05) is 22.9 Å². The van der Waals surface area contributed by atoms with Gasteiger partial charge in [-0.3, -0.25) is 4.79 Å². The second kappa shape index (κ2) is 5.72. The van der Waals surface area contributed by atoms with Gasteiger partial charge >= 0.3 is 0 Å². The molecule has 1 fully saturated rings. The van der Waals surface area contributed by atoms with Gasteiger partial charge in [0.15, 0.2) is 0 Å². The van der Waals surface area contributed by atoms with E-state index >= 15 is 0 Å². The Balaban J connectivity index is 1.55. The monoisotopic (exact) mass is 349 g/mol. The molecular weight excluding hydrogens is 333 g/mol. The van der Waals surface area contributed by atoms with Crippen LogP contribution in [0, 0.1) is 5.82 Å². The minimum Gasteiger partial charge on any atom is -0.365 e. The highest BCUT2D eigenvalue weighted by molar-refractivity contribution is 6.06. The maximum absolute atomic E-state index is 13.9. The minimum absolute atomic E-state index is 0.0267. The van der Waals surface area contributed by atoms with Gasteiger partial charge in [0.05, 0.1) is 16.9 Å². The number of benzene rings is 2. The van der Waals surface area contributed by atoms with E-state index in [9.17, 15) is 9.18 Å². The zero-order valence-corrected chi connectivity index (χ0v) is 14.0. The molecule has 130 valence electrons. The van der Waals surface area contributed by atoms with Crippen LogP contribution in [-0.2, 0) is 0 Å². The van der Waals surface area contributed by atoms with Crippen molar-refractivity contribution < 1.29 is 9.18 Å². The number of aromatic nitrogens is 3. The van der Waals surface area contributed by atoms with E-state index in [1.54, 1.807) is 23.1 Å². The van der Waals surface area contributed by atoms with E-state index in [4.69, 9.17) is 0 Å². The Hall–Kier alpha value is -3.09. The average Bonchev–Trinajstić information content (AvgIpc) is 3.51. The van der Waals surface area contributed by atoms with Crippen molar-refractivity contribution >= 4 is 28.3 Å². The smallest absolute Gasteiger partial charge is 0.298 e. The van der Waals surface area contributed by atoms with E-state index in [2.05, 4.69) is 20.1 Å². The van der Waals surface area contributed by atoms with Crippen LogP contribution in [-0.4, -0.2) is 40.2 Å². The molecule has 0 spiro atoms. The lowest BCUT2D eigenvalue weighted by Crippen LogP contribution is -2.45. The summed E-state index contributed by atoms with van der Waals surface area (Å²) in [5.74, 6) is -0.693. The topological polar surface area (TPSA) is 62.2 Å². The first-order valence-corrected chi connectivity index (χ1v) is 8.68. The Morgan fingerprint density at radius 1 is 1.00 bits per heavy atom. The van der Waals surface area contributed by atoms with E-state index in [1.807, 2.05) is 12.1 Å². The maximum atomic E-state index is 13.9. The first-order valence-electron chi connectivity index (χ1n) is 8.68. The molecule has 0 atom stereocenters. The average molecular weight is 349 g/mol. The fourth-order valence-electron chi connectivity index (χ4n) is 3.47. The lowest BCUT2D eigenvalue weighted by atomic mass is 10.1. The number of halogens is 1. The quantitative estimate of drug-likeness (QED) is 0.712. The predicted molar refractivity (Wildman–Crippen MR) is 95.8 cm³/mol. The molecule has 3 aromatic rings. The van der Waals surface area contributed by atoms with Gasteiger partial charge in [-0.05, 0) is 43.2 Å². The number of hydrogen-bond acceptors (Lipinski definition) is 5. The van der Waals surface area contributed by atoms with Crippen LogP contribution in [0.15, 0.2) is 42.5 Å². The number of hydrogen-bond donors (Lipinski definition) is 0. The first-order chi connectivity index (χ1) is 12.7. The SMILES string of the molecule is O=C(c1nnc2ccccc2n1)N1CCN(C2CC2)c2ccc(F)cc21. The number of rotatable bonds is 2. The molecule has 1 amide bonds. The molecule has 0 bridgehead atoms. The van der Waals surface area contributed by atoms with Crippen molar-refractivity contribution in [3.05, 3.63) is 54.1 Å². The van der Waals surface area contributed by atoms with Crippen LogP contribution >= 0.6 is 0 Å². The van der Waals surface area contributed by atoms with E-state index < -0.39 is 0 Å². The Kier molecular flexibility index (Phi) is 3.34. The molecule has 6 nitrogen and oxygen atoms in total. The maximum Gasteiger partial charge on any atom is 0.298 e. The van der Waals surface area contributed by atoms with Crippen LogP contribution in [0.3, 0.4) is 0 Å².